The largest absolute Gasteiger partial charge is 0.656 e. The molecule has 3 N–H and O–H groups in total. The van der Waals surface area contributed by atoms with Gasteiger partial charge in [-0.1, -0.05) is 0 Å². The maximum absolute atomic E-state index is 10.0. The van der Waals surface area contributed by atoms with Gasteiger partial charge in [-0.3, -0.25) is 9.55 Å². The van der Waals surface area contributed by atoms with Gasteiger partial charge in [-0.25, -0.2) is 5.48 Å². The molecule has 0 saturated carbocycles. The zero-order valence-electron chi connectivity index (χ0n) is 4.37. The van der Waals surface area contributed by atoms with Gasteiger partial charge in [0.1, 0.15) is 0 Å². The minimum absolute atomic E-state index is 0.872. The van der Waals surface area contributed by atoms with E-state index >= 15 is 0 Å². The fourth-order valence-corrected chi connectivity index (χ4v) is 0.136. The van der Waals surface area contributed by atoms with Crippen LogP contribution in [0.1, 0.15) is 0 Å². The molecule has 0 aromatic carbocycles. The van der Waals surface area contributed by atoms with Crippen LogP contribution in [0, 0.1) is 12.3 Å². The van der Waals surface area contributed by atoms with Crippen LogP contribution in [-0.2, 0) is 9.55 Å². The van der Waals surface area contributed by atoms with E-state index in [4.69, 9.17) is 10.0 Å². The molecule has 0 bridgehead atoms. The first-order valence-electron chi connectivity index (χ1n) is 1.95. The van der Waals surface area contributed by atoms with E-state index in [-0.39, 0.29) is 0 Å². The van der Waals surface area contributed by atoms with Gasteiger partial charge in [0, 0.05) is 0 Å². The minimum atomic E-state index is -2.04. The molecular formula is C3H4BNO4. The van der Waals surface area contributed by atoms with Crippen LogP contribution in [0.3, 0.4) is 0 Å². The van der Waals surface area contributed by atoms with Gasteiger partial charge < -0.3 is 10.0 Å². The Bertz CT molecular complexity index is 139. The zero-order chi connectivity index (χ0) is 7.28. The first-order valence-corrected chi connectivity index (χ1v) is 1.95. The highest BCUT2D eigenvalue weighted by Gasteiger charge is 2.09. The highest BCUT2D eigenvalue weighted by atomic mass is 16.7. The lowest BCUT2D eigenvalue weighted by molar-refractivity contribution is -0.123. The number of amides is 1. The van der Waals surface area contributed by atoms with Crippen LogP contribution in [0.25, 0.3) is 0 Å². The van der Waals surface area contributed by atoms with Gasteiger partial charge in [0.2, 0.25) is 0 Å². The molecule has 0 atom stereocenters. The number of hydrogen-bond acceptors (Lipinski definition) is 4. The standard InChI is InChI=1S/C3H4BNO4/c1-2-3(6)5-9-4(7)8/h1,7-8H,(H,5,6). The molecule has 0 aliphatic carbocycles. The van der Waals surface area contributed by atoms with Crippen LogP contribution in [0.2, 0.25) is 0 Å². The predicted molar refractivity (Wildman–Crippen MR) is 28.3 cm³/mol. The van der Waals surface area contributed by atoms with E-state index < -0.39 is 13.2 Å². The molecule has 0 unspecified atom stereocenters. The van der Waals surface area contributed by atoms with Gasteiger partial charge in [-0.2, -0.15) is 0 Å². The highest BCUT2D eigenvalue weighted by Crippen LogP contribution is 1.66. The molecule has 0 fully saturated rings. The second-order valence-corrected chi connectivity index (χ2v) is 1.02. The Balaban J connectivity index is 3.31. The molecule has 0 spiro atoms. The van der Waals surface area contributed by atoms with Gasteiger partial charge >= 0.3 is 13.2 Å². The Morgan fingerprint density at radius 3 is 2.67 bits per heavy atom. The minimum Gasteiger partial charge on any atom is -0.400 e. The van der Waals surface area contributed by atoms with Crippen molar-refractivity contribution in [1.29, 1.82) is 0 Å². The van der Waals surface area contributed by atoms with Gasteiger partial charge in [0.05, 0.1) is 0 Å². The Morgan fingerprint density at radius 1 is 1.78 bits per heavy atom. The van der Waals surface area contributed by atoms with E-state index in [0.29, 0.717) is 0 Å². The molecule has 5 nitrogen and oxygen atoms in total. The van der Waals surface area contributed by atoms with Crippen molar-refractivity contribution in [2.75, 3.05) is 0 Å². The third-order valence-corrected chi connectivity index (χ3v) is 0.388. The molecule has 0 aromatic heterocycles. The molecule has 0 aliphatic rings. The van der Waals surface area contributed by atoms with Crippen molar-refractivity contribution in [3.05, 3.63) is 0 Å². The Labute approximate surface area is 51.8 Å². The molecule has 0 saturated heterocycles. The van der Waals surface area contributed by atoms with E-state index in [1.165, 1.54) is 0 Å². The van der Waals surface area contributed by atoms with E-state index in [2.05, 4.69) is 11.2 Å². The number of rotatable bonds is 2. The average molecular weight is 129 g/mol. The van der Waals surface area contributed by atoms with Gasteiger partial charge in [-0.05, 0) is 5.92 Å². The van der Waals surface area contributed by atoms with Crippen molar-refractivity contribution >= 4 is 13.2 Å². The number of hydrogen-bond donors (Lipinski definition) is 3. The lowest BCUT2D eigenvalue weighted by atomic mass is 10.3. The monoisotopic (exact) mass is 129 g/mol. The summed E-state index contributed by atoms with van der Waals surface area (Å²) >= 11 is 0. The molecule has 0 aliphatic heterocycles. The second-order valence-electron chi connectivity index (χ2n) is 1.02. The smallest absolute Gasteiger partial charge is 0.400 e. The molecule has 6 heteroatoms. The topological polar surface area (TPSA) is 78.8 Å². The van der Waals surface area contributed by atoms with Crippen LogP contribution in [0.5, 0.6) is 0 Å². The van der Waals surface area contributed by atoms with Crippen LogP contribution in [0.15, 0.2) is 0 Å². The van der Waals surface area contributed by atoms with Crippen molar-refractivity contribution in [2.45, 2.75) is 0 Å². The summed E-state index contributed by atoms with van der Waals surface area (Å²) in [6.45, 7) is 0. The average Bonchev–Trinajstić information content (AvgIpc) is 1.83. The van der Waals surface area contributed by atoms with E-state index in [9.17, 15) is 4.79 Å². The van der Waals surface area contributed by atoms with Crippen molar-refractivity contribution in [2.24, 2.45) is 0 Å². The lowest BCUT2D eigenvalue weighted by Gasteiger charge is -1.97. The SMILES string of the molecule is C#CC(=O)NOB(O)O. The van der Waals surface area contributed by atoms with Crippen molar-refractivity contribution in [3.63, 3.8) is 0 Å². The summed E-state index contributed by atoms with van der Waals surface area (Å²) in [5.41, 5.74) is 1.56. The highest BCUT2D eigenvalue weighted by molar-refractivity contribution is 6.32. The molecule has 0 aromatic rings. The normalized spacial score (nSPS) is 7.67. The van der Waals surface area contributed by atoms with E-state index in [1.54, 1.807) is 11.4 Å². The third-order valence-electron chi connectivity index (χ3n) is 0.388. The van der Waals surface area contributed by atoms with Crippen LogP contribution >= 0.6 is 0 Å². The molecular weight excluding hydrogens is 125 g/mol. The fourth-order valence-electron chi connectivity index (χ4n) is 0.136. The lowest BCUT2D eigenvalue weighted by Crippen LogP contribution is -2.31. The first-order chi connectivity index (χ1) is 4.16. The summed E-state index contributed by atoms with van der Waals surface area (Å²) in [6, 6.07) is 0. The fraction of sp³-hybridized carbons (Fsp3) is 0. The van der Waals surface area contributed by atoms with Gasteiger partial charge in [-0.15, -0.1) is 6.42 Å². The molecule has 0 radical (unpaired) electrons. The van der Waals surface area contributed by atoms with Gasteiger partial charge in [0.25, 0.3) is 0 Å². The van der Waals surface area contributed by atoms with Crippen molar-refractivity contribution < 1.29 is 19.6 Å². The van der Waals surface area contributed by atoms with Gasteiger partial charge in [0.15, 0.2) is 0 Å². The molecule has 1 amide bonds. The van der Waals surface area contributed by atoms with Crippen LogP contribution < -0.4 is 5.48 Å². The molecule has 48 valence electrons. The second kappa shape index (κ2) is 3.92. The number of terminal acetylenes is 1. The number of hydroxylamine groups is 1. The van der Waals surface area contributed by atoms with Crippen molar-refractivity contribution in [3.8, 4) is 12.3 Å². The first kappa shape index (κ1) is 7.97. The van der Waals surface area contributed by atoms with Crippen molar-refractivity contribution in [1.82, 2.24) is 5.48 Å². The number of carbonyl (C=O) groups excluding carboxylic acids is 1. The molecule has 0 rings (SSSR count). The molecule has 0 heterocycles. The van der Waals surface area contributed by atoms with E-state index in [1.807, 2.05) is 0 Å². The summed E-state index contributed by atoms with van der Waals surface area (Å²) in [5.74, 6) is 0.751. The summed E-state index contributed by atoms with van der Waals surface area (Å²) in [7, 11) is -2.04. The number of carbonyl (C=O) groups is 1. The summed E-state index contributed by atoms with van der Waals surface area (Å²) in [5, 5.41) is 15.9. The maximum Gasteiger partial charge on any atom is 0.656 e. The summed E-state index contributed by atoms with van der Waals surface area (Å²) < 4.78 is 3.76. The maximum atomic E-state index is 10.0. The Kier molecular flexibility index (Phi) is 3.47. The predicted octanol–water partition coefficient (Wildman–Crippen LogP) is -2.36. The van der Waals surface area contributed by atoms with E-state index in [0.717, 1.165) is 0 Å². The quantitative estimate of drug-likeness (QED) is 0.221. The Hall–Kier alpha value is -1.03. The van der Waals surface area contributed by atoms with Crippen LogP contribution in [0.4, 0.5) is 0 Å². The van der Waals surface area contributed by atoms with Crippen LogP contribution in [-0.4, -0.2) is 23.3 Å². The summed E-state index contributed by atoms with van der Waals surface area (Å²) in [4.78, 5) is 10.0. The summed E-state index contributed by atoms with van der Waals surface area (Å²) in [6.07, 6.45) is 4.55. The third kappa shape index (κ3) is 4.84. The number of nitrogens with one attached hydrogen (secondary N) is 1. The zero-order valence-corrected chi connectivity index (χ0v) is 4.37. The molecule has 9 heavy (non-hydrogen) atoms. The Morgan fingerprint density at radius 2 is 2.33 bits per heavy atom.